The van der Waals surface area contributed by atoms with Crippen LogP contribution >= 0.6 is 0 Å². The molecule has 0 aliphatic rings. The minimum Gasteiger partial charge on any atom is -0.329 e. The molecule has 0 aliphatic heterocycles. The third kappa shape index (κ3) is 4.82. The highest BCUT2D eigenvalue weighted by molar-refractivity contribution is 5.94. The first-order valence-electron chi connectivity index (χ1n) is 13.1. The molecule has 5 aromatic rings. The minimum atomic E-state index is -0.595. The lowest BCUT2D eigenvalue weighted by atomic mass is 10.1. The van der Waals surface area contributed by atoms with Crippen molar-refractivity contribution in [1.82, 2.24) is 14.5 Å². The highest BCUT2D eigenvalue weighted by Gasteiger charge is 2.28. The molecular weight excluding hydrogens is 477 g/mol. The molecule has 5 nitrogen and oxygen atoms in total. The Morgan fingerprint density at radius 2 is 1.63 bits per heavy atom. The molecule has 5 rings (SSSR count). The van der Waals surface area contributed by atoms with E-state index >= 15 is 0 Å². The maximum absolute atomic E-state index is 14.7. The molecule has 0 saturated carbocycles. The van der Waals surface area contributed by atoms with Gasteiger partial charge in [-0.3, -0.25) is 14.2 Å². The summed E-state index contributed by atoms with van der Waals surface area (Å²) in [5.74, 6) is -0.548. The first kappa shape index (κ1) is 25.3. The Labute approximate surface area is 221 Å². The number of halogens is 1. The molecule has 38 heavy (non-hydrogen) atoms. The molecule has 0 spiro atoms. The van der Waals surface area contributed by atoms with E-state index in [0.717, 1.165) is 30.0 Å². The average molecular weight is 508 g/mol. The number of fused-ring (bicyclic) bond motifs is 2. The molecule has 192 valence electrons. The van der Waals surface area contributed by atoms with Gasteiger partial charge in [-0.2, -0.15) is 0 Å². The number of nitrogens with zero attached hydrogens (tertiary/aromatic N) is 3. The van der Waals surface area contributed by atoms with E-state index < -0.39 is 17.8 Å². The smallest absolute Gasteiger partial charge is 0.266 e. The second-order valence-corrected chi connectivity index (χ2v) is 9.52. The van der Waals surface area contributed by atoms with E-state index in [9.17, 15) is 14.0 Å². The molecule has 0 aliphatic carbocycles. The number of amides is 1. The second-order valence-electron chi connectivity index (χ2n) is 9.52. The molecule has 0 saturated heterocycles. The monoisotopic (exact) mass is 507 g/mol. The standard InChI is InChI=1S/C32H30FN3O2/c1-3-4-11-20-35(31(37)26-14-7-9-16-28(26)33)22(2)30-34-29-17-10-8-15-27(29)32(38)36(30)25-19-18-23-12-5-6-13-24(23)21-25/h5-10,12-19,21-22H,3-4,11,20H2,1-2H3. The van der Waals surface area contributed by atoms with Crippen molar-refractivity contribution in [2.24, 2.45) is 0 Å². The fraction of sp³-hybridized carbons (Fsp3) is 0.219. The zero-order chi connectivity index (χ0) is 26.6. The SMILES string of the molecule is CCCCCN(C(=O)c1ccccc1F)C(C)c1nc2ccccc2c(=O)n1-c1ccc2ccccc2c1. The lowest BCUT2D eigenvalue weighted by Crippen LogP contribution is -2.38. The molecular formula is C32H30FN3O2. The molecule has 1 aromatic heterocycles. The van der Waals surface area contributed by atoms with Crippen molar-refractivity contribution in [3.8, 4) is 5.69 Å². The van der Waals surface area contributed by atoms with Crippen LogP contribution < -0.4 is 5.56 Å². The molecule has 1 heterocycles. The van der Waals surface area contributed by atoms with Gasteiger partial charge in [0.1, 0.15) is 11.6 Å². The lowest BCUT2D eigenvalue weighted by Gasteiger charge is -2.31. The van der Waals surface area contributed by atoms with E-state index in [2.05, 4.69) is 6.92 Å². The van der Waals surface area contributed by atoms with Crippen LogP contribution in [0.25, 0.3) is 27.4 Å². The van der Waals surface area contributed by atoms with Crippen molar-refractivity contribution in [3.05, 3.63) is 119 Å². The third-order valence-corrected chi connectivity index (χ3v) is 7.00. The number of aromatic nitrogens is 2. The summed E-state index contributed by atoms with van der Waals surface area (Å²) in [5, 5.41) is 2.55. The summed E-state index contributed by atoms with van der Waals surface area (Å²) in [4.78, 5) is 34.2. The summed E-state index contributed by atoms with van der Waals surface area (Å²) in [6, 6.07) is 26.4. The van der Waals surface area contributed by atoms with Crippen LogP contribution in [0.2, 0.25) is 0 Å². The largest absolute Gasteiger partial charge is 0.329 e. The maximum Gasteiger partial charge on any atom is 0.266 e. The molecule has 1 atom stereocenters. The fourth-order valence-corrected chi connectivity index (χ4v) is 4.93. The number of hydrogen-bond donors (Lipinski definition) is 0. The van der Waals surface area contributed by atoms with E-state index in [1.54, 1.807) is 33.7 Å². The highest BCUT2D eigenvalue weighted by atomic mass is 19.1. The van der Waals surface area contributed by atoms with E-state index in [1.807, 2.05) is 61.5 Å². The van der Waals surface area contributed by atoms with Gasteiger partial charge in [0.25, 0.3) is 11.5 Å². The summed E-state index contributed by atoms with van der Waals surface area (Å²) >= 11 is 0. The van der Waals surface area contributed by atoms with Crippen molar-refractivity contribution in [1.29, 1.82) is 0 Å². The average Bonchev–Trinajstić information content (AvgIpc) is 2.95. The van der Waals surface area contributed by atoms with Crippen LogP contribution in [0.1, 0.15) is 55.3 Å². The number of hydrogen-bond acceptors (Lipinski definition) is 3. The van der Waals surface area contributed by atoms with Crippen LogP contribution in [-0.2, 0) is 0 Å². The van der Waals surface area contributed by atoms with Crippen LogP contribution in [0.15, 0.2) is 95.8 Å². The van der Waals surface area contributed by atoms with Gasteiger partial charge in [0, 0.05) is 6.54 Å². The zero-order valence-corrected chi connectivity index (χ0v) is 21.6. The molecule has 0 N–H and O–H groups in total. The van der Waals surface area contributed by atoms with E-state index in [1.165, 1.54) is 12.1 Å². The first-order chi connectivity index (χ1) is 18.5. The Morgan fingerprint density at radius 1 is 0.921 bits per heavy atom. The van der Waals surface area contributed by atoms with Gasteiger partial charge in [0.05, 0.1) is 28.2 Å². The van der Waals surface area contributed by atoms with Crippen LogP contribution in [0.3, 0.4) is 0 Å². The second kappa shape index (κ2) is 11.0. The van der Waals surface area contributed by atoms with E-state index in [4.69, 9.17) is 4.98 Å². The first-order valence-corrected chi connectivity index (χ1v) is 13.1. The molecule has 6 heteroatoms. The Morgan fingerprint density at radius 3 is 2.42 bits per heavy atom. The highest BCUT2D eigenvalue weighted by Crippen LogP contribution is 2.27. The molecule has 0 bridgehead atoms. The lowest BCUT2D eigenvalue weighted by molar-refractivity contribution is 0.0672. The zero-order valence-electron chi connectivity index (χ0n) is 21.6. The van der Waals surface area contributed by atoms with Gasteiger partial charge in [-0.1, -0.05) is 74.4 Å². The number of benzene rings is 4. The van der Waals surface area contributed by atoms with E-state index in [0.29, 0.717) is 29.0 Å². The quantitative estimate of drug-likeness (QED) is 0.211. The summed E-state index contributed by atoms with van der Waals surface area (Å²) < 4.78 is 16.3. The maximum atomic E-state index is 14.7. The van der Waals surface area contributed by atoms with Crippen molar-refractivity contribution >= 4 is 27.6 Å². The third-order valence-electron chi connectivity index (χ3n) is 7.00. The van der Waals surface area contributed by atoms with Gasteiger partial charge >= 0.3 is 0 Å². The number of rotatable bonds is 8. The Bertz CT molecular complexity index is 1680. The van der Waals surface area contributed by atoms with E-state index in [-0.39, 0.29) is 11.1 Å². The minimum absolute atomic E-state index is 0.0104. The van der Waals surface area contributed by atoms with Gasteiger partial charge in [0.2, 0.25) is 0 Å². The molecule has 4 aromatic carbocycles. The number of unbranched alkanes of at least 4 members (excludes halogenated alkanes) is 2. The van der Waals surface area contributed by atoms with Gasteiger partial charge in [-0.05, 0) is 60.5 Å². The van der Waals surface area contributed by atoms with Gasteiger partial charge in [-0.25, -0.2) is 9.37 Å². The molecule has 0 fully saturated rings. The van der Waals surface area contributed by atoms with Gasteiger partial charge in [-0.15, -0.1) is 0 Å². The van der Waals surface area contributed by atoms with Crippen molar-refractivity contribution in [3.63, 3.8) is 0 Å². The summed E-state index contributed by atoms with van der Waals surface area (Å²) in [5.41, 5.74) is 1.03. The predicted molar refractivity (Wildman–Crippen MR) is 150 cm³/mol. The van der Waals surface area contributed by atoms with Crippen LogP contribution in [-0.4, -0.2) is 26.9 Å². The normalized spacial score (nSPS) is 12.1. The van der Waals surface area contributed by atoms with Gasteiger partial charge < -0.3 is 4.90 Å². The van der Waals surface area contributed by atoms with Crippen molar-refractivity contribution in [2.75, 3.05) is 6.54 Å². The predicted octanol–water partition coefficient (Wildman–Crippen LogP) is 7.07. The Kier molecular flexibility index (Phi) is 7.31. The molecule has 0 radical (unpaired) electrons. The fourth-order valence-electron chi connectivity index (χ4n) is 4.93. The molecule has 1 unspecified atom stereocenters. The number of carbonyl (C=O) groups is 1. The van der Waals surface area contributed by atoms with Gasteiger partial charge in [0.15, 0.2) is 0 Å². The van der Waals surface area contributed by atoms with Crippen LogP contribution in [0, 0.1) is 5.82 Å². The van der Waals surface area contributed by atoms with Crippen LogP contribution in [0.5, 0.6) is 0 Å². The summed E-state index contributed by atoms with van der Waals surface area (Å²) in [6.45, 7) is 4.37. The van der Waals surface area contributed by atoms with Crippen molar-refractivity contribution in [2.45, 2.75) is 39.2 Å². The summed E-state index contributed by atoms with van der Waals surface area (Å²) in [6.07, 6.45) is 2.66. The number of carbonyl (C=O) groups excluding carboxylic acids is 1. The van der Waals surface area contributed by atoms with Crippen molar-refractivity contribution < 1.29 is 9.18 Å². The topological polar surface area (TPSA) is 55.2 Å². The Hall–Kier alpha value is -4.32. The summed E-state index contributed by atoms with van der Waals surface area (Å²) in [7, 11) is 0. The molecule has 1 amide bonds. The Balaban J connectivity index is 1.70. The number of para-hydroxylation sites is 1. The van der Waals surface area contributed by atoms with Crippen LogP contribution in [0.4, 0.5) is 4.39 Å².